The lowest BCUT2D eigenvalue weighted by Crippen LogP contribution is -2.42. The Morgan fingerprint density at radius 2 is 2.08 bits per heavy atom. The summed E-state index contributed by atoms with van der Waals surface area (Å²) in [5.74, 6) is -0.286. The number of aromatic hydroxyl groups is 2. The third-order valence-electron chi connectivity index (χ3n) is 4.82. The average Bonchev–Trinajstić information content (AvgIpc) is 2.55. The van der Waals surface area contributed by atoms with E-state index in [0.29, 0.717) is 30.6 Å². The number of Topliss-reactive ketones (excluding diaryl/α,β-unsaturated/α-hetero) is 1. The van der Waals surface area contributed by atoms with Crippen LogP contribution in [0, 0.1) is 5.92 Å². The van der Waals surface area contributed by atoms with Gasteiger partial charge in [0.15, 0.2) is 11.5 Å². The Morgan fingerprint density at radius 3 is 2.76 bits per heavy atom. The van der Waals surface area contributed by atoms with E-state index in [-0.39, 0.29) is 35.4 Å². The maximum atomic E-state index is 12.8. The number of aliphatic hydroxyl groups excluding tert-OH is 1. The van der Waals surface area contributed by atoms with Gasteiger partial charge in [-0.3, -0.25) is 4.79 Å². The average molecular weight is 342 g/mol. The van der Waals surface area contributed by atoms with Gasteiger partial charge in [0.05, 0.1) is 12.3 Å². The molecule has 3 rings (SSSR count). The van der Waals surface area contributed by atoms with Crippen molar-refractivity contribution in [1.82, 2.24) is 0 Å². The Labute approximate surface area is 146 Å². The van der Waals surface area contributed by atoms with Crippen molar-refractivity contribution >= 4 is 5.78 Å². The third-order valence-corrected chi connectivity index (χ3v) is 4.82. The minimum absolute atomic E-state index is 0.0375. The standard InChI is InChI=1S/C20H22O5/c1-12(2)7-8-20(13-3-6-16(22)17(23)9-13)11-18(24)15-5-4-14(21)10-19(15)25-20/h3-4,6,9-10,15,21-23H,1,5,7-8,11H2,2H3. The fourth-order valence-corrected chi connectivity index (χ4v) is 3.38. The summed E-state index contributed by atoms with van der Waals surface area (Å²) >= 11 is 0. The van der Waals surface area contributed by atoms with Gasteiger partial charge in [-0.25, -0.2) is 0 Å². The van der Waals surface area contributed by atoms with Crippen LogP contribution in [0.1, 0.15) is 38.2 Å². The number of phenols is 2. The largest absolute Gasteiger partial charge is 0.508 e. The lowest BCUT2D eigenvalue weighted by molar-refractivity contribution is -0.140. The molecule has 25 heavy (non-hydrogen) atoms. The zero-order chi connectivity index (χ0) is 18.2. The quantitative estimate of drug-likeness (QED) is 0.569. The number of ether oxygens (including phenoxy) is 1. The van der Waals surface area contributed by atoms with E-state index < -0.39 is 5.60 Å². The van der Waals surface area contributed by atoms with E-state index in [0.717, 1.165) is 5.57 Å². The summed E-state index contributed by atoms with van der Waals surface area (Å²) in [5, 5.41) is 29.3. The van der Waals surface area contributed by atoms with Crippen molar-refractivity contribution in [3.05, 3.63) is 59.6 Å². The van der Waals surface area contributed by atoms with Crippen molar-refractivity contribution in [2.75, 3.05) is 0 Å². The number of rotatable bonds is 4. The Balaban J connectivity index is 2.05. The molecule has 5 nitrogen and oxygen atoms in total. The molecular formula is C20H22O5. The van der Waals surface area contributed by atoms with Gasteiger partial charge in [0.1, 0.15) is 22.9 Å². The first-order valence-corrected chi connectivity index (χ1v) is 8.30. The molecule has 0 saturated carbocycles. The van der Waals surface area contributed by atoms with Gasteiger partial charge in [-0.1, -0.05) is 11.6 Å². The number of benzene rings is 1. The lowest BCUT2D eigenvalue weighted by atomic mass is 9.76. The molecule has 2 aliphatic rings. The number of aliphatic hydroxyl groups is 1. The molecule has 3 N–H and O–H groups in total. The highest BCUT2D eigenvalue weighted by molar-refractivity contribution is 5.86. The molecular weight excluding hydrogens is 320 g/mol. The van der Waals surface area contributed by atoms with E-state index in [4.69, 9.17) is 4.74 Å². The van der Waals surface area contributed by atoms with Crippen molar-refractivity contribution in [2.45, 2.75) is 38.2 Å². The Hall–Kier alpha value is -2.69. The molecule has 5 heteroatoms. The molecule has 0 bridgehead atoms. The van der Waals surface area contributed by atoms with Gasteiger partial charge in [0.2, 0.25) is 0 Å². The molecule has 1 aromatic rings. The van der Waals surface area contributed by atoms with Crippen molar-refractivity contribution in [3.8, 4) is 11.5 Å². The number of carbonyl (C=O) groups excluding carboxylic acids is 1. The van der Waals surface area contributed by atoms with E-state index in [1.807, 2.05) is 6.92 Å². The zero-order valence-corrected chi connectivity index (χ0v) is 14.2. The maximum Gasteiger partial charge on any atom is 0.157 e. The summed E-state index contributed by atoms with van der Waals surface area (Å²) < 4.78 is 6.26. The maximum absolute atomic E-state index is 12.8. The summed E-state index contributed by atoms with van der Waals surface area (Å²) in [4.78, 5) is 12.8. The lowest BCUT2D eigenvalue weighted by Gasteiger charge is -2.42. The van der Waals surface area contributed by atoms with Gasteiger partial charge >= 0.3 is 0 Å². The smallest absolute Gasteiger partial charge is 0.157 e. The van der Waals surface area contributed by atoms with Crippen LogP contribution in [0.5, 0.6) is 11.5 Å². The molecule has 2 unspecified atom stereocenters. The van der Waals surface area contributed by atoms with Crippen LogP contribution in [0.3, 0.4) is 0 Å². The van der Waals surface area contributed by atoms with Gasteiger partial charge in [-0.05, 0) is 50.0 Å². The van der Waals surface area contributed by atoms with E-state index >= 15 is 0 Å². The Bertz CT molecular complexity index is 789. The number of hydrogen-bond acceptors (Lipinski definition) is 5. The predicted molar refractivity (Wildman–Crippen MR) is 93.1 cm³/mol. The highest BCUT2D eigenvalue weighted by Gasteiger charge is 2.46. The minimum atomic E-state index is -0.957. The highest BCUT2D eigenvalue weighted by Crippen LogP contribution is 2.47. The van der Waals surface area contributed by atoms with Gasteiger partial charge in [0, 0.05) is 6.08 Å². The number of fused-ring (bicyclic) bond motifs is 1. The fourth-order valence-electron chi connectivity index (χ4n) is 3.38. The van der Waals surface area contributed by atoms with E-state index in [9.17, 15) is 20.1 Å². The molecule has 0 spiro atoms. The number of carbonyl (C=O) groups is 1. The number of hydrogen-bond donors (Lipinski definition) is 3. The Kier molecular flexibility index (Phi) is 4.33. The van der Waals surface area contributed by atoms with E-state index in [1.54, 1.807) is 12.1 Å². The van der Waals surface area contributed by atoms with Crippen molar-refractivity contribution < 1.29 is 24.9 Å². The van der Waals surface area contributed by atoms with Crippen molar-refractivity contribution in [2.24, 2.45) is 5.92 Å². The number of phenolic OH excluding ortho intramolecular Hbond substituents is 2. The first-order chi connectivity index (χ1) is 11.8. The van der Waals surface area contributed by atoms with E-state index in [1.165, 1.54) is 18.2 Å². The molecule has 1 aliphatic carbocycles. The summed E-state index contributed by atoms with van der Waals surface area (Å²) in [7, 11) is 0. The predicted octanol–water partition coefficient (Wildman–Crippen LogP) is 3.98. The summed E-state index contributed by atoms with van der Waals surface area (Å²) in [6.07, 6.45) is 4.85. The van der Waals surface area contributed by atoms with Crippen LogP contribution in [0.2, 0.25) is 0 Å². The van der Waals surface area contributed by atoms with Gasteiger partial charge in [-0.2, -0.15) is 0 Å². The summed E-state index contributed by atoms with van der Waals surface area (Å²) in [6.45, 7) is 5.82. The highest BCUT2D eigenvalue weighted by atomic mass is 16.5. The molecule has 0 radical (unpaired) electrons. The fraction of sp³-hybridized carbons (Fsp3) is 0.350. The van der Waals surface area contributed by atoms with Crippen LogP contribution in [0.25, 0.3) is 0 Å². The summed E-state index contributed by atoms with van der Waals surface area (Å²) in [6, 6.07) is 4.47. The van der Waals surface area contributed by atoms with E-state index in [2.05, 4.69) is 6.58 Å². The van der Waals surface area contributed by atoms with Crippen LogP contribution in [-0.2, 0) is 15.1 Å². The SMILES string of the molecule is C=C(C)CCC1(c2ccc(O)c(O)c2)CC(=O)C2CC=C(O)C=C2O1. The molecule has 1 aliphatic heterocycles. The first kappa shape index (κ1) is 17.1. The van der Waals surface area contributed by atoms with Gasteiger partial charge in [0.25, 0.3) is 0 Å². The number of allylic oxidation sites excluding steroid dienone is 4. The van der Waals surface area contributed by atoms with Crippen LogP contribution < -0.4 is 0 Å². The Morgan fingerprint density at radius 1 is 1.32 bits per heavy atom. The first-order valence-electron chi connectivity index (χ1n) is 8.30. The van der Waals surface area contributed by atoms with Crippen LogP contribution in [0.15, 0.2) is 54.0 Å². The van der Waals surface area contributed by atoms with Crippen LogP contribution in [0.4, 0.5) is 0 Å². The van der Waals surface area contributed by atoms with Gasteiger partial charge in [-0.15, -0.1) is 6.58 Å². The second-order valence-electron chi connectivity index (χ2n) is 6.86. The molecule has 1 aromatic carbocycles. The van der Waals surface area contributed by atoms with Crippen LogP contribution >= 0.6 is 0 Å². The number of ketones is 1. The normalized spacial score (nSPS) is 25.5. The topological polar surface area (TPSA) is 87.0 Å². The molecule has 1 heterocycles. The monoisotopic (exact) mass is 342 g/mol. The minimum Gasteiger partial charge on any atom is -0.508 e. The third kappa shape index (κ3) is 3.27. The molecule has 2 atom stereocenters. The second-order valence-corrected chi connectivity index (χ2v) is 6.86. The molecule has 132 valence electrons. The van der Waals surface area contributed by atoms with Crippen LogP contribution in [-0.4, -0.2) is 21.1 Å². The molecule has 0 aromatic heterocycles. The molecule has 1 saturated heterocycles. The van der Waals surface area contributed by atoms with Crippen molar-refractivity contribution in [1.29, 1.82) is 0 Å². The van der Waals surface area contributed by atoms with Crippen molar-refractivity contribution in [3.63, 3.8) is 0 Å². The molecule has 1 fully saturated rings. The molecule has 0 amide bonds. The zero-order valence-electron chi connectivity index (χ0n) is 14.2. The second kappa shape index (κ2) is 6.31. The van der Waals surface area contributed by atoms with Gasteiger partial charge < -0.3 is 20.1 Å². The summed E-state index contributed by atoms with van der Waals surface area (Å²) in [5.41, 5.74) is 0.618.